The van der Waals surface area contributed by atoms with E-state index in [4.69, 9.17) is 5.73 Å². The van der Waals surface area contributed by atoms with Crippen molar-refractivity contribution >= 4 is 17.1 Å². The maximum atomic E-state index is 5.85. The smallest absolute Gasteiger partial charge is 0.0964 e. The van der Waals surface area contributed by atoms with Gasteiger partial charge in [-0.2, -0.15) is 5.10 Å². The Kier molecular flexibility index (Phi) is 4.47. The highest BCUT2D eigenvalue weighted by Crippen LogP contribution is 2.33. The maximum Gasteiger partial charge on any atom is 0.0964 e. The SMILES string of the molecule is Nc1ccc(C2=NN=C(c3ccccc3)C3CCCCCC=C23)cc1. The number of fused-ring (bicyclic) bond motifs is 1. The van der Waals surface area contributed by atoms with Crippen LogP contribution in [0, 0.1) is 5.92 Å². The van der Waals surface area contributed by atoms with E-state index in [1.807, 2.05) is 30.3 Å². The van der Waals surface area contributed by atoms with Gasteiger partial charge in [-0.15, -0.1) is 5.10 Å². The molecule has 0 spiro atoms. The van der Waals surface area contributed by atoms with Crippen molar-refractivity contribution in [3.63, 3.8) is 0 Å². The lowest BCUT2D eigenvalue weighted by Gasteiger charge is -2.28. The summed E-state index contributed by atoms with van der Waals surface area (Å²) in [4.78, 5) is 0. The van der Waals surface area contributed by atoms with Gasteiger partial charge < -0.3 is 5.73 Å². The lowest BCUT2D eigenvalue weighted by molar-refractivity contribution is 0.586. The van der Waals surface area contributed by atoms with E-state index in [0.717, 1.165) is 35.5 Å². The van der Waals surface area contributed by atoms with Crippen molar-refractivity contribution in [2.75, 3.05) is 5.73 Å². The van der Waals surface area contributed by atoms with Gasteiger partial charge in [0.2, 0.25) is 0 Å². The van der Waals surface area contributed by atoms with Crippen molar-refractivity contribution in [3.05, 3.63) is 77.4 Å². The molecule has 2 aromatic rings. The molecule has 0 saturated carbocycles. The van der Waals surface area contributed by atoms with Gasteiger partial charge in [0, 0.05) is 17.2 Å². The van der Waals surface area contributed by atoms with Crippen molar-refractivity contribution in [3.8, 4) is 0 Å². The summed E-state index contributed by atoms with van der Waals surface area (Å²) < 4.78 is 0. The standard InChI is InChI=1S/C22H23N3/c23-18-14-12-17(13-15-18)22-20-11-7-2-1-6-10-19(20)21(24-25-22)16-8-4-3-5-9-16/h3-5,8-9,11-15,19H,1-2,6-7,10,23H2. The lowest BCUT2D eigenvalue weighted by Crippen LogP contribution is -2.27. The molecule has 0 fully saturated rings. The van der Waals surface area contributed by atoms with E-state index in [9.17, 15) is 0 Å². The van der Waals surface area contributed by atoms with Crippen molar-refractivity contribution in [1.29, 1.82) is 0 Å². The molecule has 1 aliphatic heterocycles. The number of nitrogens with zero attached hydrogens (tertiary/aromatic N) is 2. The average Bonchev–Trinajstić information content (AvgIpc) is 2.63. The van der Waals surface area contributed by atoms with Crippen LogP contribution in [-0.2, 0) is 0 Å². The van der Waals surface area contributed by atoms with E-state index < -0.39 is 0 Å². The Hall–Kier alpha value is -2.68. The van der Waals surface area contributed by atoms with Crippen LogP contribution in [0.3, 0.4) is 0 Å². The average molecular weight is 329 g/mol. The number of rotatable bonds is 2. The highest BCUT2D eigenvalue weighted by atomic mass is 15.2. The van der Waals surface area contributed by atoms with Crippen molar-refractivity contribution in [2.24, 2.45) is 16.1 Å². The van der Waals surface area contributed by atoms with Crippen LogP contribution in [0.15, 0.2) is 76.4 Å². The Balaban J connectivity index is 1.82. The summed E-state index contributed by atoms with van der Waals surface area (Å²) in [6, 6.07) is 18.4. The highest BCUT2D eigenvalue weighted by molar-refractivity contribution is 6.20. The normalized spacial score (nSPS) is 20.5. The summed E-state index contributed by atoms with van der Waals surface area (Å²) in [5.41, 5.74) is 12.3. The van der Waals surface area contributed by atoms with Crippen molar-refractivity contribution in [2.45, 2.75) is 32.1 Å². The summed E-state index contributed by atoms with van der Waals surface area (Å²) in [5, 5.41) is 9.31. The quantitative estimate of drug-likeness (QED) is 0.776. The molecule has 0 amide bonds. The van der Waals surface area contributed by atoms with Crippen LogP contribution < -0.4 is 5.73 Å². The minimum Gasteiger partial charge on any atom is -0.399 e. The Morgan fingerprint density at radius 1 is 0.800 bits per heavy atom. The molecule has 0 saturated heterocycles. The summed E-state index contributed by atoms with van der Waals surface area (Å²) in [7, 11) is 0. The molecule has 1 heterocycles. The molecule has 2 aromatic carbocycles. The van der Waals surface area contributed by atoms with E-state index in [1.54, 1.807) is 0 Å². The van der Waals surface area contributed by atoms with E-state index in [-0.39, 0.29) is 0 Å². The Morgan fingerprint density at radius 2 is 1.60 bits per heavy atom. The summed E-state index contributed by atoms with van der Waals surface area (Å²) in [6.07, 6.45) is 8.41. The molecular formula is C22H23N3. The van der Waals surface area contributed by atoms with E-state index in [1.165, 1.54) is 30.4 Å². The van der Waals surface area contributed by atoms with Crippen LogP contribution in [0.25, 0.3) is 0 Å². The largest absolute Gasteiger partial charge is 0.399 e. The maximum absolute atomic E-state index is 5.85. The molecule has 25 heavy (non-hydrogen) atoms. The second-order valence-electron chi connectivity index (χ2n) is 6.77. The second-order valence-corrected chi connectivity index (χ2v) is 6.77. The molecule has 0 aromatic heterocycles. The van der Waals surface area contributed by atoms with E-state index in [2.05, 4.69) is 40.5 Å². The fraction of sp³-hybridized carbons (Fsp3) is 0.273. The fourth-order valence-electron chi connectivity index (χ4n) is 3.74. The van der Waals surface area contributed by atoms with Gasteiger partial charge in [-0.3, -0.25) is 0 Å². The number of nitrogen functional groups attached to an aromatic ring is 1. The van der Waals surface area contributed by atoms with Gasteiger partial charge in [-0.25, -0.2) is 0 Å². The minimum atomic E-state index is 0.327. The van der Waals surface area contributed by atoms with Crippen LogP contribution in [0.5, 0.6) is 0 Å². The van der Waals surface area contributed by atoms with Gasteiger partial charge in [-0.1, -0.05) is 61.4 Å². The van der Waals surface area contributed by atoms with Gasteiger partial charge >= 0.3 is 0 Å². The molecule has 1 aliphatic carbocycles. The Morgan fingerprint density at radius 3 is 2.40 bits per heavy atom. The van der Waals surface area contributed by atoms with Crippen molar-refractivity contribution < 1.29 is 0 Å². The first-order valence-electron chi connectivity index (χ1n) is 9.10. The molecule has 3 heteroatoms. The number of allylic oxidation sites excluding steroid dienone is 2. The van der Waals surface area contributed by atoms with Gasteiger partial charge in [-0.05, 0) is 42.5 Å². The molecule has 1 unspecified atom stereocenters. The molecule has 126 valence electrons. The van der Waals surface area contributed by atoms with E-state index in [0.29, 0.717) is 5.92 Å². The predicted octanol–water partition coefficient (Wildman–Crippen LogP) is 4.98. The first kappa shape index (κ1) is 15.8. The van der Waals surface area contributed by atoms with Gasteiger partial charge in [0.25, 0.3) is 0 Å². The van der Waals surface area contributed by atoms with Gasteiger partial charge in [0.05, 0.1) is 11.4 Å². The predicted molar refractivity (Wildman–Crippen MR) is 105 cm³/mol. The first-order chi connectivity index (χ1) is 12.3. The molecule has 0 radical (unpaired) electrons. The zero-order valence-corrected chi connectivity index (χ0v) is 14.4. The number of hydrogen-bond acceptors (Lipinski definition) is 3. The van der Waals surface area contributed by atoms with Crippen LogP contribution >= 0.6 is 0 Å². The zero-order valence-electron chi connectivity index (χ0n) is 14.4. The third kappa shape index (κ3) is 3.27. The number of anilines is 1. The van der Waals surface area contributed by atoms with Gasteiger partial charge in [0.15, 0.2) is 0 Å². The molecule has 0 bridgehead atoms. The number of benzene rings is 2. The third-order valence-electron chi connectivity index (χ3n) is 5.05. The second kappa shape index (κ2) is 7.06. The number of hydrogen-bond donors (Lipinski definition) is 1. The Bertz CT molecular complexity index is 829. The van der Waals surface area contributed by atoms with Crippen LogP contribution in [0.1, 0.15) is 43.2 Å². The molecule has 1 atom stereocenters. The monoisotopic (exact) mass is 329 g/mol. The van der Waals surface area contributed by atoms with Gasteiger partial charge in [0.1, 0.15) is 0 Å². The first-order valence-corrected chi connectivity index (χ1v) is 9.10. The highest BCUT2D eigenvalue weighted by Gasteiger charge is 2.29. The summed E-state index contributed by atoms with van der Waals surface area (Å²) in [6.45, 7) is 0. The zero-order chi connectivity index (χ0) is 17.1. The molecule has 2 aliphatic rings. The van der Waals surface area contributed by atoms with Crippen LogP contribution in [-0.4, -0.2) is 11.4 Å². The molecular weight excluding hydrogens is 306 g/mol. The van der Waals surface area contributed by atoms with Crippen LogP contribution in [0.2, 0.25) is 0 Å². The summed E-state index contributed by atoms with van der Waals surface area (Å²) in [5.74, 6) is 0.327. The fourth-order valence-corrected chi connectivity index (χ4v) is 3.74. The Labute approximate surface area is 149 Å². The minimum absolute atomic E-state index is 0.327. The lowest BCUT2D eigenvalue weighted by atomic mass is 9.79. The van der Waals surface area contributed by atoms with Crippen molar-refractivity contribution in [1.82, 2.24) is 0 Å². The number of nitrogens with two attached hydrogens (primary N) is 1. The van der Waals surface area contributed by atoms with Crippen LogP contribution in [0.4, 0.5) is 5.69 Å². The topological polar surface area (TPSA) is 50.7 Å². The molecule has 3 nitrogen and oxygen atoms in total. The third-order valence-corrected chi connectivity index (χ3v) is 5.05. The molecule has 4 rings (SSSR count). The molecule has 2 N–H and O–H groups in total. The van der Waals surface area contributed by atoms with E-state index >= 15 is 0 Å². The summed E-state index contributed by atoms with van der Waals surface area (Å²) >= 11 is 0.